The third-order valence-electron chi connectivity index (χ3n) is 5.67. The van der Waals surface area contributed by atoms with E-state index in [2.05, 4.69) is 13.0 Å². The standard InChI is InChI=1S/C17H20O3/c1-10-17-9-13(18)7-6-12(17)5-3-11-4-8-14(19-2)16(20-10)15(11)17/h4,8,10,12H,3,5-7,9H2,1-2H3/t10-,12+,17-/m1/s1. The van der Waals surface area contributed by atoms with Gasteiger partial charge in [-0.15, -0.1) is 0 Å². The number of hydrogen-bond donors (Lipinski definition) is 0. The molecule has 0 radical (unpaired) electrons. The predicted octanol–water partition coefficient (Wildman–Crippen LogP) is 3.03. The first-order chi connectivity index (χ1) is 9.66. The molecule has 1 aliphatic heterocycles. The Morgan fingerprint density at radius 2 is 2.10 bits per heavy atom. The van der Waals surface area contributed by atoms with Crippen LogP contribution in [0.2, 0.25) is 0 Å². The molecule has 1 aromatic rings. The lowest BCUT2D eigenvalue weighted by Gasteiger charge is -2.46. The molecular formula is C17H20O3. The Morgan fingerprint density at radius 1 is 1.30 bits per heavy atom. The van der Waals surface area contributed by atoms with Crippen molar-refractivity contribution in [3.05, 3.63) is 23.3 Å². The molecule has 20 heavy (non-hydrogen) atoms. The zero-order valence-electron chi connectivity index (χ0n) is 12.1. The van der Waals surface area contributed by atoms with Crippen LogP contribution in [-0.4, -0.2) is 19.0 Å². The molecular weight excluding hydrogens is 252 g/mol. The number of rotatable bonds is 1. The summed E-state index contributed by atoms with van der Waals surface area (Å²) in [5.74, 6) is 2.68. The van der Waals surface area contributed by atoms with Crippen LogP contribution < -0.4 is 9.47 Å². The van der Waals surface area contributed by atoms with Crippen molar-refractivity contribution in [3.8, 4) is 11.5 Å². The van der Waals surface area contributed by atoms with Crippen molar-refractivity contribution in [3.63, 3.8) is 0 Å². The Kier molecular flexibility index (Phi) is 2.45. The van der Waals surface area contributed by atoms with E-state index in [1.807, 2.05) is 6.07 Å². The molecule has 2 aliphatic carbocycles. The average Bonchev–Trinajstić information content (AvgIpc) is 2.74. The van der Waals surface area contributed by atoms with E-state index >= 15 is 0 Å². The minimum atomic E-state index is -0.0905. The van der Waals surface area contributed by atoms with Gasteiger partial charge >= 0.3 is 0 Å². The van der Waals surface area contributed by atoms with Gasteiger partial charge in [0.15, 0.2) is 11.5 Å². The SMILES string of the molecule is COc1ccc2c3c1O[C@H](C)[C@@]31CC(=O)CC[C@@H]1CC2. The van der Waals surface area contributed by atoms with Gasteiger partial charge < -0.3 is 9.47 Å². The van der Waals surface area contributed by atoms with E-state index in [0.717, 1.165) is 30.8 Å². The van der Waals surface area contributed by atoms with Crippen molar-refractivity contribution in [2.24, 2.45) is 5.92 Å². The number of ketones is 1. The van der Waals surface area contributed by atoms with Gasteiger partial charge in [-0.2, -0.15) is 0 Å². The second kappa shape index (κ2) is 4.00. The third-order valence-corrected chi connectivity index (χ3v) is 5.67. The highest BCUT2D eigenvalue weighted by Crippen LogP contribution is 2.60. The first-order valence-corrected chi connectivity index (χ1v) is 7.55. The average molecular weight is 272 g/mol. The molecule has 1 heterocycles. The van der Waals surface area contributed by atoms with Crippen LogP contribution >= 0.6 is 0 Å². The fourth-order valence-electron chi connectivity index (χ4n) is 4.74. The lowest BCUT2D eigenvalue weighted by atomic mass is 9.55. The number of benzene rings is 1. The molecule has 3 nitrogen and oxygen atoms in total. The lowest BCUT2D eigenvalue weighted by Crippen LogP contribution is -2.49. The molecule has 0 unspecified atom stereocenters. The molecule has 3 atom stereocenters. The summed E-state index contributed by atoms with van der Waals surface area (Å²) in [5.41, 5.74) is 2.55. The molecule has 0 aromatic heterocycles. The van der Waals surface area contributed by atoms with E-state index in [4.69, 9.17) is 9.47 Å². The number of carbonyl (C=O) groups excluding carboxylic acids is 1. The second-order valence-electron chi connectivity index (χ2n) is 6.42. The normalized spacial score (nSPS) is 34.2. The maximum atomic E-state index is 12.1. The summed E-state index contributed by atoms with van der Waals surface area (Å²) < 4.78 is 11.7. The third kappa shape index (κ3) is 1.33. The zero-order chi connectivity index (χ0) is 13.9. The minimum absolute atomic E-state index is 0.0714. The van der Waals surface area contributed by atoms with Gasteiger partial charge in [0.2, 0.25) is 0 Å². The number of ether oxygens (including phenoxy) is 2. The van der Waals surface area contributed by atoms with Crippen LogP contribution in [0.4, 0.5) is 0 Å². The summed E-state index contributed by atoms with van der Waals surface area (Å²) in [4.78, 5) is 12.1. The van der Waals surface area contributed by atoms with Crippen LogP contribution in [-0.2, 0) is 16.6 Å². The van der Waals surface area contributed by atoms with Crippen molar-refractivity contribution < 1.29 is 14.3 Å². The summed E-state index contributed by atoms with van der Waals surface area (Å²) in [5, 5.41) is 0. The summed E-state index contributed by atoms with van der Waals surface area (Å²) in [6.07, 6.45) is 4.76. The first kappa shape index (κ1) is 12.2. The van der Waals surface area contributed by atoms with E-state index < -0.39 is 0 Å². The fourth-order valence-corrected chi connectivity index (χ4v) is 4.74. The van der Waals surface area contributed by atoms with Gasteiger partial charge in [0, 0.05) is 23.8 Å². The van der Waals surface area contributed by atoms with E-state index in [1.165, 1.54) is 17.5 Å². The Hall–Kier alpha value is -1.51. The van der Waals surface area contributed by atoms with Crippen LogP contribution in [0, 0.1) is 5.92 Å². The van der Waals surface area contributed by atoms with Gasteiger partial charge in [0.25, 0.3) is 0 Å². The van der Waals surface area contributed by atoms with Gasteiger partial charge in [0.05, 0.1) is 7.11 Å². The molecule has 1 spiro atoms. The lowest BCUT2D eigenvalue weighted by molar-refractivity contribution is -0.125. The quantitative estimate of drug-likeness (QED) is 0.788. The van der Waals surface area contributed by atoms with Crippen molar-refractivity contribution in [1.29, 1.82) is 0 Å². The van der Waals surface area contributed by atoms with Crippen LogP contribution in [0.5, 0.6) is 11.5 Å². The van der Waals surface area contributed by atoms with Crippen molar-refractivity contribution in [2.45, 2.75) is 50.5 Å². The van der Waals surface area contributed by atoms with Crippen LogP contribution in [0.3, 0.4) is 0 Å². The number of aryl methyl sites for hydroxylation is 1. The Morgan fingerprint density at radius 3 is 2.90 bits per heavy atom. The van der Waals surface area contributed by atoms with Gasteiger partial charge in [-0.05, 0) is 43.7 Å². The molecule has 3 heteroatoms. The minimum Gasteiger partial charge on any atom is -0.493 e. The van der Waals surface area contributed by atoms with E-state index in [9.17, 15) is 4.79 Å². The summed E-state index contributed by atoms with van der Waals surface area (Å²) in [6, 6.07) is 4.17. The van der Waals surface area contributed by atoms with Crippen LogP contribution in [0.25, 0.3) is 0 Å². The highest BCUT2D eigenvalue weighted by Gasteiger charge is 2.57. The summed E-state index contributed by atoms with van der Waals surface area (Å²) in [6.45, 7) is 2.13. The molecule has 0 N–H and O–H groups in total. The fraction of sp³-hybridized carbons (Fsp3) is 0.588. The van der Waals surface area contributed by atoms with Crippen LogP contribution in [0.15, 0.2) is 12.1 Å². The van der Waals surface area contributed by atoms with Gasteiger partial charge in [-0.1, -0.05) is 6.07 Å². The smallest absolute Gasteiger partial charge is 0.165 e. The van der Waals surface area contributed by atoms with Gasteiger partial charge in [-0.3, -0.25) is 4.79 Å². The highest BCUT2D eigenvalue weighted by atomic mass is 16.5. The Labute approximate surface area is 119 Å². The molecule has 1 saturated carbocycles. The van der Waals surface area contributed by atoms with E-state index in [-0.39, 0.29) is 11.5 Å². The van der Waals surface area contributed by atoms with E-state index in [0.29, 0.717) is 18.1 Å². The maximum Gasteiger partial charge on any atom is 0.165 e. The van der Waals surface area contributed by atoms with Crippen LogP contribution in [0.1, 0.15) is 43.7 Å². The molecule has 106 valence electrons. The van der Waals surface area contributed by atoms with Crippen molar-refractivity contribution >= 4 is 5.78 Å². The monoisotopic (exact) mass is 272 g/mol. The predicted molar refractivity (Wildman–Crippen MR) is 75.4 cm³/mol. The molecule has 3 aliphatic rings. The largest absolute Gasteiger partial charge is 0.493 e. The Bertz CT molecular complexity index is 592. The van der Waals surface area contributed by atoms with E-state index in [1.54, 1.807) is 7.11 Å². The molecule has 4 rings (SSSR count). The second-order valence-corrected chi connectivity index (χ2v) is 6.42. The highest BCUT2D eigenvalue weighted by molar-refractivity contribution is 5.82. The molecule has 0 saturated heterocycles. The van der Waals surface area contributed by atoms with Crippen molar-refractivity contribution in [2.75, 3.05) is 7.11 Å². The van der Waals surface area contributed by atoms with Gasteiger partial charge in [0.1, 0.15) is 11.9 Å². The zero-order valence-corrected chi connectivity index (χ0v) is 12.1. The maximum absolute atomic E-state index is 12.1. The molecule has 0 bridgehead atoms. The van der Waals surface area contributed by atoms with Crippen molar-refractivity contribution in [1.82, 2.24) is 0 Å². The summed E-state index contributed by atoms with van der Waals surface area (Å²) in [7, 11) is 1.68. The number of methoxy groups -OCH3 is 1. The number of Topliss-reactive ketones (excluding diaryl/α,β-unsaturated/α-hetero) is 1. The first-order valence-electron chi connectivity index (χ1n) is 7.55. The molecule has 1 aromatic carbocycles. The molecule has 1 fully saturated rings. The molecule has 0 amide bonds. The number of carbonyl (C=O) groups is 1. The topological polar surface area (TPSA) is 35.5 Å². The summed E-state index contributed by atoms with van der Waals surface area (Å²) >= 11 is 0. The number of hydrogen-bond acceptors (Lipinski definition) is 3. The van der Waals surface area contributed by atoms with Gasteiger partial charge in [-0.25, -0.2) is 0 Å². The Balaban J connectivity index is 1.97.